The maximum Gasteiger partial charge on any atom is 0.328 e. The quantitative estimate of drug-likeness (QED) is 0.124. The highest BCUT2D eigenvalue weighted by Crippen LogP contribution is 2.19. The molecule has 1 rings (SSSR count). The second kappa shape index (κ2) is 13.1. The monoisotopic (exact) mass is 491 g/mol. The molecule has 0 aliphatic carbocycles. The number of carbonyl (C=O) groups is 5. The Labute approximate surface area is 195 Å². The van der Waals surface area contributed by atoms with Crippen molar-refractivity contribution < 1.29 is 49.5 Å². The number of aliphatic hydroxyl groups is 4. The molecule has 4 amide bonds. The van der Waals surface area contributed by atoms with Gasteiger partial charge in [-0.2, -0.15) is 0 Å². The maximum absolute atomic E-state index is 13.0. The van der Waals surface area contributed by atoms with Crippen molar-refractivity contribution in [1.82, 2.24) is 20.9 Å². The summed E-state index contributed by atoms with van der Waals surface area (Å²) in [6.45, 7) is 0.856. The zero-order chi connectivity index (χ0) is 26.2. The molecule has 194 valence electrons. The summed E-state index contributed by atoms with van der Waals surface area (Å²) in [5, 5.41) is 53.7. The van der Waals surface area contributed by atoms with E-state index in [0.717, 1.165) is 4.90 Å². The third-order valence-corrected chi connectivity index (χ3v) is 5.28. The molecule has 0 aromatic heterocycles. The molecule has 1 heterocycles. The summed E-state index contributed by atoms with van der Waals surface area (Å²) in [6.07, 6.45) is -2.26. The zero-order valence-electron chi connectivity index (χ0n) is 18.9. The average Bonchev–Trinajstić information content (AvgIpc) is 3.27. The smallest absolute Gasteiger partial charge is 0.328 e. The predicted molar refractivity (Wildman–Crippen MR) is 114 cm³/mol. The second-order valence-corrected chi connectivity index (χ2v) is 8.01. The van der Waals surface area contributed by atoms with Crippen LogP contribution in [0.3, 0.4) is 0 Å². The molecule has 0 radical (unpaired) electrons. The van der Waals surface area contributed by atoms with Gasteiger partial charge < -0.3 is 52.1 Å². The number of nitrogens with one attached hydrogen (secondary N) is 3. The van der Waals surface area contributed by atoms with Gasteiger partial charge in [0.2, 0.25) is 23.6 Å². The van der Waals surface area contributed by atoms with Gasteiger partial charge in [0.15, 0.2) is 6.04 Å². The van der Waals surface area contributed by atoms with E-state index in [9.17, 15) is 39.3 Å². The van der Waals surface area contributed by atoms with Crippen LogP contribution >= 0.6 is 0 Å². The second-order valence-electron chi connectivity index (χ2n) is 8.01. The molecule has 10 N–H and O–H groups in total. The Morgan fingerprint density at radius 2 is 1.53 bits per heavy atom. The number of aliphatic hydroxyl groups excluding tert-OH is 4. The molecule has 0 aromatic rings. The standard InChI is InChI=1S/C19H33N5O10/c1-8(27)13(22-15(29)10(20)6-25)17(31)21-11(7-26)18(32)24-5-3-4-12(24)16(30)23-14(9(2)28)19(33)34/h8-14,25-28H,3-7,20H2,1-2H3,(H,21,31)(H,22,29)(H,23,30)(H,33,34)/t8-,9-,10+,11+,12+,13+,14+/m1/s1. The summed E-state index contributed by atoms with van der Waals surface area (Å²) < 4.78 is 0. The first kappa shape index (κ1) is 29.2. The lowest BCUT2D eigenvalue weighted by Gasteiger charge is -2.30. The van der Waals surface area contributed by atoms with E-state index in [4.69, 9.17) is 15.9 Å². The number of carboxylic acid groups (broad SMARTS) is 1. The number of aliphatic carboxylic acids is 1. The Bertz CT molecular complexity index is 762. The lowest BCUT2D eigenvalue weighted by atomic mass is 10.1. The largest absolute Gasteiger partial charge is 0.480 e. The molecule has 15 nitrogen and oxygen atoms in total. The number of carbonyl (C=O) groups excluding carboxylic acids is 4. The third-order valence-electron chi connectivity index (χ3n) is 5.28. The summed E-state index contributed by atoms with van der Waals surface area (Å²) >= 11 is 0. The van der Waals surface area contributed by atoms with Gasteiger partial charge in [-0.05, 0) is 26.7 Å². The number of nitrogens with zero attached hydrogens (tertiary/aromatic N) is 1. The topological polar surface area (TPSA) is 252 Å². The average molecular weight is 491 g/mol. The van der Waals surface area contributed by atoms with Crippen molar-refractivity contribution in [2.24, 2.45) is 5.73 Å². The van der Waals surface area contributed by atoms with Crippen molar-refractivity contribution in [2.45, 2.75) is 69.1 Å². The molecule has 15 heteroatoms. The highest BCUT2D eigenvalue weighted by atomic mass is 16.4. The zero-order valence-corrected chi connectivity index (χ0v) is 18.9. The van der Waals surface area contributed by atoms with E-state index in [2.05, 4.69) is 16.0 Å². The molecular weight excluding hydrogens is 458 g/mol. The number of amides is 4. The van der Waals surface area contributed by atoms with Crippen LogP contribution in [0, 0.1) is 0 Å². The van der Waals surface area contributed by atoms with Crippen molar-refractivity contribution in [2.75, 3.05) is 19.8 Å². The van der Waals surface area contributed by atoms with E-state index in [1.54, 1.807) is 0 Å². The minimum Gasteiger partial charge on any atom is -0.480 e. The summed E-state index contributed by atoms with van der Waals surface area (Å²) in [4.78, 5) is 62.3. The molecular formula is C19H33N5O10. The predicted octanol–water partition coefficient (Wildman–Crippen LogP) is -5.41. The van der Waals surface area contributed by atoms with Gasteiger partial charge in [-0.1, -0.05) is 0 Å². The lowest BCUT2D eigenvalue weighted by Crippen LogP contribution is -2.61. The molecule has 1 saturated heterocycles. The van der Waals surface area contributed by atoms with Gasteiger partial charge >= 0.3 is 5.97 Å². The molecule has 1 aliphatic heterocycles. The molecule has 0 unspecified atom stereocenters. The minimum atomic E-state index is -1.60. The van der Waals surface area contributed by atoms with Gasteiger partial charge in [0.1, 0.15) is 24.2 Å². The van der Waals surface area contributed by atoms with Gasteiger partial charge in [0.05, 0.1) is 25.4 Å². The van der Waals surface area contributed by atoms with Crippen LogP contribution in [-0.4, -0.2) is 122 Å². The molecule has 0 spiro atoms. The molecule has 1 fully saturated rings. The lowest BCUT2D eigenvalue weighted by molar-refractivity contribution is -0.147. The summed E-state index contributed by atoms with van der Waals surface area (Å²) in [7, 11) is 0. The van der Waals surface area contributed by atoms with Crippen LogP contribution in [0.1, 0.15) is 26.7 Å². The highest BCUT2D eigenvalue weighted by molar-refractivity contribution is 5.96. The van der Waals surface area contributed by atoms with Crippen LogP contribution in [-0.2, 0) is 24.0 Å². The SMILES string of the molecule is C[C@@H](O)[C@H](NC(=O)[C@@H]1CCCN1C(=O)[C@H](CO)NC(=O)[C@@H](NC(=O)[C@@H](N)CO)[C@@H](C)O)C(=O)O. The molecule has 1 aliphatic rings. The van der Waals surface area contributed by atoms with Crippen LogP contribution < -0.4 is 21.7 Å². The van der Waals surface area contributed by atoms with E-state index in [0.29, 0.717) is 6.42 Å². The van der Waals surface area contributed by atoms with E-state index >= 15 is 0 Å². The van der Waals surface area contributed by atoms with Gasteiger partial charge in [-0.3, -0.25) is 19.2 Å². The Hall–Kier alpha value is -2.85. The fourth-order valence-electron chi connectivity index (χ4n) is 3.34. The Morgan fingerprint density at radius 1 is 0.941 bits per heavy atom. The first-order chi connectivity index (χ1) is 15.8. The molecule has 34 heavy (non-hydrogen) atoms. The molecule has 0 bridgehead atoms. The van der Waals surface area contributed by atoms with Crippen molar-refractivity contribution in [3.05, 3.63) is 0 Å². The fourth-order valence-corrected chi connectivity index (χ4v) is 3.34. The van der Waals surface area contributed by atoms with Gasteiger partial charge in [-0.15, -0.1) is 0 Å². The van der Waals surface area contributed by atoms with Crippen molar-refractivity contribution in [3.8, 4) is 0 Å². The van der Waals surface area contributed by atoms with E-state index in [1.807, 2.05) is 0 Å². The summed E-state index contributed by atoms with van der Waals surface area (Å²) in [6, 6.07) is -7.16. The van der Waals surface area contributed by atoms with E-state index in [-0.39, 0.29) is 13.0 Å². The van der Waals surface area contributed by atoms with Crippen LogP contribution in [0.5, 0.6) is 0 Å². The normalized spacial score (nSPS) is 20.9. The van der Waals surface area contributed by atoms with Gasteiger partial charge in [0.25, 0.3) is 0 Å². The highest BCUT2D eigenvalue weighted by Gasteiger charge is 2.40. The Balaban J connectivity index is 2.93. The third kappa shape index (κ3) is 7.59. The van der Waals surface area contributed by atoms with E-state index in [1.165, 1.54) is 13.8 Å². The maximum atomic E-state index is 13.0. The van der Waals surface area contributed by atoms with Crippen molar-refractivity contribution in [1.29, 1.82) is 0 Å². The number of rotatable bonds is 12. The van der Waals surface area contributed by atoms with Crippen LogP contribution in [0.4, 0.5) is 0 Å². The number of hydrogen-bond acceptors (Lipinski definition) is 10. The Kier molecular flexibility index (Phi) is 11.3. The van der Waals surface area contributed by atoms with Crippen molar-refractivity contribution >= 4 is 29.6 Å². The minimum absolute atomic E-state index is 0.0810. The number of hydrogen-bond donors (Lipinski definition) is 9. The summed E-state index contributed by atoms with van der Waals surface area (Å²) in [5.74, 6) is -5.10. The van der Waals surface area contributed by atoms with Crippen molar-refractivity contribution in [3.63, 3.8) is 0 Å². The van der Waals surface area contributed by atoms with Gasteiger partial charge in [-0.25, -0.2) is 4.79 Å². The number of likely N-dealkylation sites (tertiary alicyclic amines) is 1. The Morgan fingerprint density at radius 3 is 2.00 bits per heavy atom. The number of carboxylic acids is 1. The molecule has 0 saturated carbocycles. The van der Waals surface area contributed by atoms with E-state index < -0.39 is 85.2 Å². The van der Waals surface area contributed by atoms with Gasteiger partial charge in [0, 0.05) is 6.54 Å². The fraction of sp³-hybridized carbons (Fsp3) is 0.737. The first-order valence-corrected chi connectivity index (χ1v) is 10.6. The van der Waals surface area contributed by atoms with Crippen LogP contribution in [0.15, 0.2) is 0 Å². The first-order valence-electron chi connectivity index (χ1n) is 10.6. The van der Waals surface area contributed by atoms with Crippen LogP contribution in [0.2, 0.25) is 0 Å². The summed E-state index contributed by atoms with van der Waals surface area (Å²) in [5.41, 5.74) is 5.37. The van der Waals surface area contributed by atoms with Crippen LogP contribution in [0.25, 0.3) is 0 Å². The molecule has 7 atom stereocenters. The number of nitrogens with two attached hydrogens (primary N) is 1. The molecule has 0 aromatic carbocycles.